The molecule has 0 aliphatic carbocycles. The number of ether oxygens (including phenoxy) is 1. The molecule has 0 bridgehead atoms. The van der Waals surface area contributed by atoms with Gasteiger partial charge >= 0.3 is 5.97 Å². The van der Waals surface area contributed by atoms with Gasteiger partial charge in [0.15, 0.2) is 6.10 Å². The molecule has 1 heterocycles. The summed E-state index contributed by atoms with van der Waals surface area (Å²) < 4.78 is 4.80. The van der Waals surface area contributed by atoms with E-state index in [9.17, 15) is 4.79 Å². The Morgan fingerprint density at radius 2 is 2.38 bits per heavy atom. The average Bonchev–Trinajstić information content (AvgIpc) is 1.57. The number of carboxylic acid groups (broad SMARTS) is 1. The van der Waals surface area contributed by atoms with E-state index in [1.54, 1.807) is 0 Å². The van der Waals surface area contributed by atoms with Crippen molar-refractivity contribution in [3.05, 3.63) is 0 Å². The number of carboxylic acids is 1. The summed E-state index contributed by atoms with van der Waals surface area (Å²) in [5, 5.41) is 8.23. The van der Waals surface area contributed by atoms with Crippen molar-refractivity contribution in [2.75, 3.05) is 0 Å². The van der Waals surface area contributed by atoms with Crippen LogP contribution in [-0.2, 0) is 9.53 Å². The van der Waals surface area contributed by atoms with E-state index in [-0.39, 0.29) is 6.10 Å². The molecule has 0 aromatic rings. The lowest BCUT2D eigenvalue weighted by molar-refractivity contribution is -0.175. The van der Waals surface area contributed by atoms with Crippen molar-refractivity contribution in [2.24, 2.45) is 0 Å². The summed E-state index contributed by atoms with van der Waals surface area (Å²) in [7, 11) is 0. The van der Waals surface area contributed by atoms with E-state index in [1.807, 2.05) is 6.92 Å². The third-order valence-corrected chi connectivity index (χ3v) is 1.22. The van der Waals surface area contributed by atoms with Gasteiger partial charge in [0.25, 0.3) is 0 Å². The molecule has 8 heavy (non-hydrogen) atoms. The predicted molar refractivity (Wildman–Crippen MR) is 26.6 cm³/mol. The van der Waals surface area contributed by atoms with Gasteiger partial charge < -0.3 is 9.84 Å². The summed E-state index contributed by atoms with van der Waals surface area (Å²) in [6.45, 7) is 1.86. The summed E-state index contributed by atoms with van der Waals surface area (Å²) in [5.74, 6) is -0.844. The number of carbonyl (C=O) groups is 1. The van der Waals surface area contributed by atoms with Crippen LogP contribution in [0.2, 0.25) is 0 Å². The molecule has 1 rings (SSSR count). The predicted octanol–water partition coefficient (Wildman–Crippen LogP) is 0.248. The number of hydrogen-bond donors (Lipinski definition) is 1. The Labute approximate surface area is 47.3 Å². The standard InChI is InChI=1S/C5H8O3/c1-3-2-4(8-3)5(6)7/h3-4H,2H2,1H3,(H,6,7)/t3-,4?/m0/s1. The van der Waals surface area contributed by atoms with Crippen molar-refractivity contribution in [1.29, 1.82) is 0 Å². The van der Waals surface area contributed by atoms with Crippen LogP contribution in [-0.4, -0.2) is 23.3 Å². The summed E-state index contributed by atoms with van der Waals surface area (Å²) in [6, 6.07) is 0. The van der Waals surface area contributed by atoms with Gasteiger partial charge in [0.05, 0.1) is 6.10 Å². The first kappa shape index (κ1) is 5.56. The Morgan fingerprint density at radius 3 is 2.50 bits per heavy atom. The molecule has 0 spiro atoms. The Hall–Kier alpha value is -0.570. The molecular weight excluding hydrogens is 108 g/mol. The van der Waals surface area contributed by atoms with Crippen LogP contribution in [0.4, 0.5) is 0 Å². The molecule has 0 saturated carbocycles. The van der Waals surface area contributed by atoms with Gasteiger partial charge in [0.2, 0.25) is 0 Å². The number of rotatable bonds is 1. The Bertz CT molecular complexity index is 104. The molecule has 0 amide bonds. The number of aliphatic carboxylic acids is 1. The van der Waals surface area contributed by atoms with Gasteiger partial charge in [-0.15, -0.1) is 0 Å². The largest absolute Gasteiger partial charge is 0.479 e. The molecule has 46 valence electrons. The summed E-state index contributed by atoms with van der Waals surface area (Å²) >= 11 is 0. The summed E-state index contributed by atoms with van der Waals surface area (Å²) in [4.78, 5) is 10.0. The first-order valence-corrected chi connectivity index (χ1v) is 2.58. The molecule has 1 N–H and O–H groups in total. The van der Waals surface area contributed by atoms with Crippen LogP contribution in [0.5, 0.6) is 0 Å². The summed E-state index contributed by atoms with van der Waals surface area (Å²) in [5.41, 5.74) is 0. The van der Waals surface area contributed by atoms with Gasteiger partial charge in [-0.1, -0.05) is 0 Å². The minimum absolute atomic E-state index is 0.149. The molecular formula is C5H8O3. The quantitative estimate of drug-likeness (QED) is 0.534. The van der Waals surface area contributed by atoms with E-state index in [1.165, 1.54) is 0 Å². The highest BCUT2D eigenvalue weighted by molar-refractivity contribution is 5.73. The SMILES string of the molecule is C[C@H]1CC(C(=O)O)O1. The molecule has 3 heteroatoms. The van der Waals surface area contributed by atoms with Crippen LogP contribution in [0, 0.1) is 0 Å². The molecule has 0 aromatic carbocycles. The monoisotopic (exact) mass is 116 g/mol. The Kier molecular flexibility index (Phi) is 1.21. The van der Waals surface area contributed by atoms with Crippen molar-refractivity contribution in [1.82, 2.24) is 0 Å². The molecule has 0 aromatic heterocycles. The second-order valence-corrected chi connectivity index (χ2v) is 2.01. The van der Waals surface area contributed by atoms with Gasteiger partial charge in [0.1, 0.15) is 0 Å². The minimum Gasteiger partial charge on any atom is -0.479 e. The minimum atomic E-state index is -0.844. The van der Waals surface area contributed by atoms with Crippen molar-refractivity contribution < 1.29 is 14.6 Å². The Balaban J connectivity index is 2.25. The van der Waals surface area contributed by atoms with Crippen LogP contribution in [0.3, 0.4) is 0 Å². The van der Waals surface area contributed by atoms with Crippen molar-refractivity contribution in [3.8, 4) is 0 Å². The Morgan fingerprint density at radius 1 is 1.88 bits per heavy atom. The molecule has 1 aliphatic heterocycles. The summed E-state index contributed by atoms with van der Waals surface area (Å²) in [6.07, 6.45) is 0.288. The van der Waals surface area contributed by atoms with Crippen molar-refractivity contribution >= 4 is 5.97 Å². The zero-order valence-corrected chi connectivity index (χ0v) is 4.63. The highest BCUT2D eigenvalue weighted by Gasteiger charge is 2.31. The van der Waals surface area contributed by atoms with E-state index >= 15 is 0 Å². The van der Waals surface area contributed by atoms with Crippen LogP contribution in [0.1, 0.15) is 13.3 Å². The first-order chi connectivity index (χ1) is 3.70. The molecule has 1 unspecified atom stereocenters. The molecule has 3 nitrogen and oxygen atoms in total. The third kappa shape index (κ3) is 0.816. The van der Waals surface area contributed by atoms with E-state index in [0.717, 1.165) is 0 Å². The smallest absolute Gasteiger partial charge is 0.332 e. The maximum absolute atomic E-state index is 10.0. The fraction of sp³-hybridized carbons (Fsp3) is 0.800. The van der Waals surface area contributed by atoms with E-state index in [2.05, 4.69) is 0 Å². The van der Waals surface area contributed by atoms with E-state index < -0.39 is 12.1 Å². The maximum atomic E-state index is 10.0. The normalized spacial score (nSPS) is 36.1. The maximum Gasteiger partial charge on any atom is 0.332 e. The second kappa shape index (κ2) is 1.74. The lowest BCUT2D eigenvalue weighted by Crippen LogP contribution is -2.40. The van der Waals surface area contributed by atoms with Crippen LogP contribution in [0.25, 0.3) is 0 Å². The fourth-order valence-corrected chi connectivity index (χ4v) is 0.730. The van der Waals surface area contributed by atoms with Crippen LogP contribution >= 0.6 is 0 Å². The van der Waals surface area contributed by atoms with Crippen molar-refractivity contribution in [2.45, 2.75) is 25.6 Å². The van der Waals surface area contributed by atoms with E-state index in [0.29, 0.717) is 6.42 Å². The third-order valence-electron chi connectivity index (χ3n) is 1.22. The van der Waals surface area contributed by atoms with E-state index in [4.69, 9.17) is 9.84 Å². The first-order valence-electron chi connectivity index (χ1n) is 2.58. The topological polar surface area (TPSA) is 46.5 Å². The van der Waals surface area contributed by atoms with Gasteiger partial charge in [-0.05, 0) is 6.92 Å². The van der Waals surface area contributed by atoms with Gasteiger partial charge in [0, 0.05) is 6.42 Å². The van der Waals surface area contributed by atoms with Gasteiger partial charge in [-0.2, -0.15) is 0 Å². The van der Waals surface area contributed by atoms with Gasteiger partial charge in [-0.3, -0.25) is 0 Å². The van der Waals surface area contributed by atoms with Crippen LogP contribution < -0.4 is 0 Å². The van der Waals surface area contributed by atoms with Crippen molar-refractivity contribution in [3.63, 3.8) is 0 Å². The molecule has 2 atom stereocenters. The van der Waals surface area contributed by atoms with Gasteiger partial charge in [-0.25, -0.2) is 4.79 Å². The molecule has 0 radical (unpaired) electrons. The number of hydrogen-bond acceptors (Lipinski definition) is 2. The molecule has 1 aliphatic rings. The molecule has 1 fully saturated rings. The lowest BCUT2D eigenvalue weighted by atomic mass is 10.1. The zero-order valence-electron chi connectivity index (χ0n) is 4.63. The molecule has 1 saturated heterocycles. The highest BCUT2D eigenvalue weighted by Crippen LogP contribution is 2.19. The van der Waals surface area contributed by atoms with Crippen LogP contribution in [0.15, 0.2) is 0 Å². The zero-order chi connectivity index (χ0) is 6.15. The fourth-order valence-electron chi connectivity index (χ4n) is 0.730. The average molecular weight is 116 g/mol. The highest BCUT2D eigenvalue weighted by atomic mass is 16.5. The lowest BCUT2D eigenvalue weighted by Gasteiger charge is -2.29. The second-order valence-electron chi connectivity index (χ2n) is 2.01.